The Kier molecular flexibility index (Phi) is 9.14. The lowest BCUT2D eigenvalue weighted by atomic mass is 9.89. The molecule has 1 saturated carbocycles. The molecule has 0 aromatic carbocycles. The van der Waals surface area contributed by atoms with E-state index in [0.717, 1.165) is 25.7 Å². The Balaban J connectivity index is 1.69. The number of rotatable bonds is 8. The molecule has 0 aromatic heterocycles. The number of aliphatic hydroxyl groups is 1. The van der Waals surface area contributed by atoms with E-state index in [2.05, 4.69) is 15.5 Å². The van der Waals surface area contributed by atoms with Gasteiger partial charge in [0.1, 0.15) is 0 Å². The first-order valence-electron chi connectivity index (χ1n) is 10.3. The fourth-order valence-electron chi connectivity index (χ4n) is 3.66. The average molecular weight is 471 g/mol. The zero-order chi connectivity index (χ0) is 23.9. The third-order valence-electron chi connectivity index (χ3n) is 5.39. The molecular formula is C20H27F6N3O3. The lowest BCUT2D eigenvalue weighted by Crippen LogP contribution is -2.63. The van der Waals surface area contributed by atoms with Crippen molar-refractivity contribution in [3.63, 3.8) is 0 Å². The maximum absolute atomic E-state index is 12.9. The summed E-state index contributed by atoms with van der Waals surface area (Å²) >= 11 is 0. The summed E-state index contributed by atoms with van der Waals surface area (Å²) in [5.41, 5.74) is -1.37. The molecule has 182 valence electrons. The topological polar surface area (TPSA) is 81.7 Å². The van der Waals surface area contributed by atoms with Crippen molar-refractivity contribution in [2.45, 2.75) is 69.1 Å². The first-order valence-corrected chi connectivity index (χ1v) is 10.3. The molecule has 1 saturated heterocycles. The number of allylic oxidation sites excluding steroid dienone is 3. The maximum Gasteiger partial charge on any atom is 0.416 e. The molecule has 0 radical (unpaired) electrons. The Morgan fingerprint density at radius 2 is 1.62 bits per heavy atom. The van der Waals surface area contributed by atoms with Crippen LogP contribution in [0.5, 0.6) is 0 Å². The smallest absolute Gasteiger partial charge is 0.393 e. The standard InChI is InChI=1S/C20H27F6N3O3/c21-19(22,23)9-1-2-13(20(24,25)26)3-8-17(31)27-10-18(32)28-14-11-29(12-14)15-4-6-16(30)7-5-15/h1-3,14-16,30H,4-12H2,(H,27,31)(H,28,32)/b2-1-,13-3+. The Hall–Kier alpha value is -2.08. The van der Waals surface area contributed by atoms with E-state index in [1.807, 2.05) is 0 Å². The number of nitrogens with zero attached hydrogens (tertiary/aromatic N) is 1. The summed E-state index contributed by atoms with van der Waals surface area (Å²) in [7, 11) is 0. The molecule has 3 N–H and O–H groups in total. The van der Waals surface area contributed by atoms with E-state index in [-0.39, 0.29) is 18.2 Å². The maximum atomic E-state index is 12.9. The van der Waals surface area contributed by atoms with Crippen LogP contribution in [0, 0.1) is 0 Å². The highest BCUT2D eigenvalue weighted by molar-refractivity contribution is 5.85. The van der Waals surface area contributed by atoms with Gasteiger partial charge >= 0.3 is 12.4 Å². The SMILES string of the molecule is O=C(C/C=C(\C=C/CC(F)(F)F)C(F)(F)F)NCC(=O)NC1CN(C2CCC(O)CC2)C1. The van der Waals surface area contributed by atoms with Crippen molar-refractivity contribution >= 4 is 11.8 Å². The third kappa shape index (κ3) is 9.19. The number of halogens is 6. The van der Waals surface area contributed by atoms with Gasteiger partial charge in [-0.2, -0.15) is 26.3 Å². The third-order valence-corrected chi connectivity index (χ3v) is 5.39. The Morgan fingerprint density at radius 3 is 2.19 bits per heavy atom. The molecule has 0 aromatic rings. The van der Waals surface area contributed by atoms with Gasteiger partial charge in [0.05, 0.1) is 30.7 Å². The number of hydrogen-bond acceptors (Lipinski definition) is 4. The van der Waals surface area contributed by atoms with Crippen LogP contribution >= 0.6 is 0 Å². The molecule has 2 aliphatic rings. The number of alkyl halides is 6. The van der Waals surface area contributed by atoms with Crippen molar-refractivity contribution < 1.29 is 41.0 Å². The molecule has 1 aliphatic carbocycles. The molecular weight excluding hydrogens is 444 g/mol. The molecule has 12 heteroatoms. The summed E-state index contributed by atoms with van der Waals surface area (Å²) in [5, 5.41) is 14.5. The van der Waals surface area contributed by atoms with Crippen LogP contribution in [0.2, 0.25) is 0 Å². The van der Waals surface area contributed by atoms with Crippen LogP contribution in [0.15, 0.2) is 23.8 Å². The molecule has 0 bridgehead atoms. The number of carbonyl (C=O) groups excluding carboxylic acids is 2. The van der Waals surface area contributed by atoms with Crippen LogP contribution in [0.4, 0.5) is 26.3 Å². The van der Waals surface area contributed by atoms with Gasteiger partial charge in [-0.15, -0.1) is 0 Å². The second-order valence-corrected chi connectivity index (χ2v) is 8.04. The first kappa shape index (κ1) is 26.2. The fraction of sp³-hybridized carbons (Fsp3) is 0.700. The van der Waals surface area contributed by atoms with Crippen LogP contribution in [0.3, 0.4) is 0 Å². The van der Waals surface area contributed by atoms with Gasteiger partial charge in [-0.3, -0.25) is 14.5 Å². The van der Waals surface area contributed by atoms with Gasteiger partial charge in [0, 0.05) is 25.6 Å². The van der Waals surface area contributed by atoms with Crippen molar-refractivity contribution in [3.05, 3.63) is 23.8 Å². The van der Waals surface area contributed by atoms with Gasteiger partial charge < -0.3 is 15.7 Å². The minimum absolute atomic E-state index is 0.0817. The Labute approximate surface area is 181 Å². The lowest BCUT2D eigenvalue weighted by Gasteiger charge is -2.46. The predicted octanol–water partition coefficient (Wildman–Crippen LogP) is 2.59. The monoisotopic (exact) mass is 471 g/mol. The zero-order valence-electron chi connectivity index (χ0n) is 17.3. The number of carbonyl (C=O) groups is 2. The number of amides is 2. The lowest BCUT2D eigenvalue weighted by molar-refractivity contribution is -0.127. The van der Waals surface area contributed by atoms with Gasteiger partial charge in [0.2, 0.25) is 11.8 Å². The van der Waals surface area contributed by atoms with Crippen molar-refractivity contribution in [1.29, 1.82) is 0 Å². The van der Waals surface area contributed by atoms with Crippen LogP contribution in [-0.2, 0) is 9.59 Å². The molecule has 0 atom stereocenters. The van der Waals surface area contributed by atoms with E-state index < -0.39 is 49.1 Å². The number of aliphatic hydroxyl groups excluding tert-OH is 1. The van der Waals surface area contributed by atoms with E-state index in [1.165, 1.54) is 0 Å². The van der Waals surface area contributed by atoms with Gasteiger partial charge in [0.15, 0.2) is 0 Å². The summed E-state index contributed by atoms with van der Waals surface area (Å²) in [6.45, 7) is 0.898. The summed E-state index contributed by atoms with van der Waals surface area (Å²) in [6.07, 6.45) is -7.63. The number of hydrogen-bond donors (Lipinski definition) is 3. The Bertz CT molecular complexity index is 706. The first-order chi connectivity index (χ1) is 14.8. The van der Waals surface area contributed by atoms with E-state index in [1.54, 1.807) is 0 Å². The summed E-state index contributed by atoms with van der Waals surface area (Å²) in [5.74, 6) is -1.34. The van der Waals surface area contributed by atoms with Crippen LogP contribution in [0.25, 0.3) is 0 Å². The quantitative estimate of drug-likeness (QED) is 0.376. The normalized spacial score (nSPS) is 23.8. The molecule has 1 heterocycles. The van der Waals surface area contributed by atoms with Crippen LogP contribution in [0.1, 0.15) is 38.5 Å². The summed E-state index contributed by atoms with van der Waals surface area (Å²) in [4.78, 5) is 25.9. The Morgan fingerprint density at radius 1 is 1.00 bits per heavy atom. The second-order valence-electron chi connectivity index (χ2n) is 8.04. The molecule has 2 amide bonds. The van der Waals surface area contributed by atoms with Gasteiger partial charge in [-0.1, -0.05) is 18.2 Å². The zero-order valence-corrected chi connectivity index (χ0v) is 17.3. The van der Waals surface area contributed by atoms with Crippen LogP contribution in [-0.4, -0.2) is 72.0 Å². The van der Waals surface area contributed by atoms with E-state index >= 15 is 0 Å². The van der Waals surface area contributed by atoms with Crippen molar-refractivity contribution in [3.8, 4) is 0 Å². The highest BCUT2D eigenvalue weighted by atomic mass is 19.4. The number of likely N-dealkylation sites (tertiary alicyclic amines) is 1. The summed E-state index contributed by atoms with van der Waals surface area (Å²) in [6, 6.07) is 0.299. The largest absolute Gasteiger partial charge is 0.416 e. The molecule has 0 spiro atoms. The highest BCUT2D eigenvalue weighted by Gasteiger charge is 2.35. The molecule has 2 fully saturated rings. The van der Waals surface area contributed by atoms with Crippen LogP contribution < -0.4 is 10.6 Å². The fourth-order valence-corrected chi connectivity index (χ4v) is 3.66. The number of nitrogens with one attached hydrogen (secondary N) is 2. The summed E-state index contributed by atoms with van der Waals surface area (Å²) < 4.78 is 74.8. The van der Waals surface area contributed by atoms with Crippen molar-refractivity contribution in [1.82, 2.24) is 15.5 Å². The minimum Gasteiger partial charge on any atom is -0.393 e. The molecule has 2 rings (SSSR count). The van der Waals surface area contributed by atoms with E-state index in [0.29, 0.717) is 31.3 Å². The van der Waals surface area contributed by atoms with E-state index in [4.69, 9.17) is 0 Å². The predicted molar refractivity (Wildman–Crippen MR) is 103 cm³/mol. The van der Waals surface area contributed by atoms with Gasteiger partial charge in [0.25, 0.3) is 0 Å². The minimum atomic E-state index is -4.91. The van der Waals surface area contributed by atoms with Crippen molar-refractivity contribution in [2.75, 3.05) is 19.6 Å². The molecule has 0 unspecified atom stereocenters. The molecule has 6 nitrogen and oxygen atoms in total. The van der Waals surface area contributed by atoms with E-state index in [9.17, 15) is 41.0 Å². The highest BCUT2D eigenvalue weighted by Crippen LogP contribution is 2.29. The molecule has 32 heavy (non-hydrogen) atoms. The van der Waals surface area contributed by atoms with Gasteiger partial charge in [-0.25, -0.2) is 0 Å². The second kappa shape index (κ2) is 11.2. The average Bonchev–Trinajstić information content (AvgIpc) is 2.64. The molecule has 1 aliphatic heterocycles. The van der Waals surface area contributed by atoms with Gasteiger partial charge in [-0.05, 0) is 25.7 Å². The van der Waals surface area contributed by atoms with Crippen molar-refractivity contribution in [2.24, 2.45) is 0 Å².